The van der Waals surface area contributed by atoms with Crippen LogP contribution >= 0.6 is 0 Å². The minimum absolute atomic E-state index is 0.0600. The van der Waals surface area contributed by atoms with E-state index in [0.29, 0.717) is 29.7 Å². The van der Waals surface area contributed by atoms with Gasteiger partial charge in [-0.25, -0.2) is 9.97 Å². The Morgan fingerprint density at radius 3 is 1.92 bits per heavy atom. The first kappa shape index (κ1) is 35.8. The number of carbonyl (C=O) groups excluding carboxylic acids is 2. The van der Waals surface area contributed by atoms with Crippen LogP contribution in [0.25, 0.3) is 44.4 Å². The lowest BCUT2D eigenvalue weighted by Crippen LogP contribution is -2.35. The Morgan fingerprint density at radius 1 is 0.740 bits per heavy atom. The molecule has 0 saturated carbocycles. The molecule has 0 atom stereocenters. The summed E-state index contributed by atoms with van der Waals surface area (Å²) in [5.74, 6) is -2.87. The Morgan fingerprint density at radius 2 is 1.32 bits per heavy atom. The van der Waals surface area contributed by atoms with Gasteiger partial charge in [-0.15, -0.1) is 0 Å². The van der Waals surface area contributed by atoms with Gasteiger partial charge in [0.25, 0.3) is 0 Å². The molecular formula is C38H44N6O6. The van der Waals surface area contributed by atoms with E-state index in [1.165, 1.54) is 0 Å². The van der Waals surface area contributed by atoms with Crippen LogP contribution < -0.4 is 11.1 Å². The van der Waals surface area contributed by atoms with Crippen molar-refractivity contribution in [1.29, 1.82) is 0 Å². The summed E-state index contributed by atoms with van der Waals surface area (Å²) in [5.41, 5.74) is 18.5. The maximum Gasteiger partial charge on any atom is 0.303 e. The Hall–Kier alpha value is -5.52. The van der Waals surface area contributed by atoms with Crippen LogP contribution in [0.1, 0.15) is 98.4 Å². The first-order valence-corrected chi connectivity index (χ1v) is 16.9. The number of aromatic amines is 1. The number of carboxylic acids is 2. The van der Waals surface area contributed by atoms with Gasteiger partial charge in [-0.3, -0.25) is 19.2 Å². The molecule has 12 nitrogen and oxygen atoms in total. The number of nitrogens with two attached hydrogens (primary N) is 1. The van der Waals surface area contributed by atoms with Crippen molar-refractivity contribution in [2.24, 2.45) is 5.73 Å². The molecule has 5 heterocycles. The molecule has 2 aliphatic heterocycles. The van der Waals surface area contributed by atoms with Crippen molar-refractivity contribution in [2.75, 3.05) is 6.54 Å². The molecule has 262 valence electrons. The van der Waals surface area contributed by atoms with Crippen LogP contribution in [0.15, 0.2) is 24.3 Å². The zero-order valence-electron chi connectivity index (χ0n) is 29.4. The van der Waals surface area contributed by atoms with Gasteiger partial charge in [-0.05, 0) is 122 Å². The monoisotopic (exact) mass is 680 g/mol. The van der Waals surface area contributed by atoms with E-state index in [4.69, 9.17) is 15.7 Å². The number of aliphatic carboxylic acids is 2. The topological polar surface area (TPSA) is 193 Å². The van der Waals surface area contributed by atoms with Gasteiger partial charge in [0.1, 0.15) is 6.54 Å². The van der Waals surface area contributed by atoms with Crippen molar-refractivity contribution >= 4 is 68.1 Å². The van der Waals surface area contributed by atoms with Gasteiger partial charge >= 0.3 is 11.9 Å². The highest BCUT2D eigenvalue weighted by molar-refractivity contribution is 5.96. The third-order valence-corrected chi connectivity index (χ3v) is 9.71. The van der Waals surface area contributed by atoms with Crippen molar-refractivity contribution < 1.29 is 29.4 Å². The highest BCUT2D eigenvalue weighted by Gasteiger charge is 2.23. The molecule has 6 N–H and O–H groups in total. The molecule has 0 radical (unpaired) electrons. The molecular weight excluding hydrogens is 636 g/mol. The summed E-state index contributed by atoms with van der Waals surface area (Å²) in [6, 6.07) is 7.81. The van der Waals surface area contributed by atoms with Crippen LogP contribution in [0.2, 0.25) is 0 Å². The fraction of sp³-hybridized carbons (Fsp3) is 0.368. The second-order valence-electron chi connectivity index (χ2n) is 12.8. The van der Waals surface area contributed by atoms with Gasteiger partial charge in [0.05, 0.1) is 29.3 Å². The number of nitrogens with zero attached hydrogens (tertiary/aromatic N) is 3. The minimum atomic E-state index is -0.932. The lowest BCUT2D eigenvalue weighted by Gasteiger charge is -2.08. The molecule has 0 unspecified atom stereocenters. The number of amides is 2. The number of nitrogens with one attached hydrogen (secondary N) is 2. The molecule has 2 amide bonds. The second kappa shape index (κ2) is 14.5. The smallest absolute Gasteiger partial charge is 0.303 e. The molecule has 3 aromatic rings. The number of hydrogen-bond donors (Lipinski definition) is 5. The van der Waals surface area contributed by atoms with Crippen molar-refractivity contribution in [1.82, 2.24) is 24.8 Å². The average molecular weight is 681 g/mol. The fourth-order valence-corrected chi connectivity index (χ4v) is 7.00. The number of fused-ring (bicyclic) bond motifs is 8. The van der Waals surface area contributed by atoms with Crippen LogP contribution in [0.5, 0.6) is 0 Å². The zero-order valence-corrected chi connectivity index (χ0v) is 29.4. The zero-order chi connectivity index (χ0) is 36.4. The van der Waals surface area contributed by atoms with Crippen molar-refractivity contribution in [3.63, 3.8) is 0 Å². The lowest BCUT2D eigenvalue weighted by atomic mass is 10.00. The van der Waals surface area contributed by atoms with Gasteiger partial charge in [-0.1, -0.05) is 13.8 Å². The largest absolute Gasteiger partial charge is 0.481 e. The van der Waals surface area contributed by atoms with Crippen molar-refractivity contribution in [3.05, 3.63) is 69.3 Å². The Bertz CT molecular complexity index is 2170. The SMILES string of the molecule is CCC1=C(C)c2cc3c(CC)c(C)c(cc4nc(cc5[nH]c(cc1n2)c(C)c5CCC(=O)O)C(CCC(=O)O)=C4C)n3CC(=O)NCC(N)=O. The number of H-pyrrole nitrogens is 1. The van der Waals surface area contributed by atoms with E-state index in [0.717, 1.165) is 78.9 Å². The average Bonchev–Trinajstić information content (AvgIpc) is 3.69. The number of hydrogen-bond acceptors (Lipinski definition) is 6. The van der Waals surface area contributed by atoms with Gasteiger partial charge in [0, 0.05) is 34.9 Å². The normalized spacial score (nSPS) is 12.8. The maximum atomic E-state index is 13.2. The number of aryl methyl sites for hydroxylation is 4. The number of carboxylic acid groups (broad SMARTS) is 2. The van der Waals surface area contributed by atoms with Gasteiger partial charge in [0.15, 0.2) is 0 Å². The fourth-order valence-electron chi connectivity index (χ4n) is 7.00. The first-order chi connectivity index (χ1) is 23.7. The predicted octanol–water partition coefficient (Wildman–Crippen LogP) is 5.72. The van der Waals surface area contributed by atoms with E-state index in [2.05, 4.69) is 24.1 Å². The molecule has 0 saturated heterocycles. The molecule has 12 heteroatoms. The van der Waals surface area contributed by atoms with Crippen LogP contribution in [-0.2, 0) is 38.6 Å². The van der Waals surface area contributed by atoms with E-state index < -0.39 is 17.8 Å². The van der Waals surface area contributed by atoms with E-state index >= 15 is 0 Å². The van der Waals surface area contributed by atoms with Gasteiger partial charge in [-0.2, -0.15) is 0 Å². The standard InChI is InChI=1S/C38H44N6O6/c1-7-23-19(3)29-16-34-24(8-2)22(6)33(44(34)18-36(46)40-17-35(39)45)15-28-21(5)26(10-12-38(49)50)32(43-28)14-31-25(9-11-37(47)48)20(4)27(41-31)13-30(23)42-29/h13-16,41H,7-12,17-18H2,1-6H3,(H2,39,45)(H,40,46)(H,47,48)(H,49,50). The van der Waals surface area contributed by atoms with Crippen LogP contribution in [0.3, 0.4) is 0 Å². The highest BCUT2D eigenvalue weighted by atomic mass is 16.4. The number of rotatable bonds is 12. The van der Waals surface area contributed by atoms with Crippen molar-refractivity contribution in [3.8, 4) is 0 Å². The Balaban J connectivity index is 1.96. The summed E-state index contributed by atoms with van der Waals surface area (Å²) < 4.78 is 1.92. The summed E-state index contributed by atoms with van der Waals surface area (Å²) in [4.78, 5) is 61.7. The second-order valence-corrected chi connectivity index (χ2v) is 12.8. The molecule has 5 rings (SSSR count). The first-order valence-electron chi connectivity index (χ1n) is 16.9. The maximum absolute atomic E-state index is 13.2. The quantitative estimate of drug-likeness (QED) is 0.160. The highest BCUT2D eigenvalue weighted by Crippen LogP contribution is 2.37. The van der Waals surface area contributed by atoms with Crippen molar-refractivity contribution in [2.45, 2.75) is 86.6 Å². The third-order valence-electron chi connectivity index (χ3n) is 9.71. The van der Waals surface area contributed by atoms with E-state index in [1.807, 2.05) is 56.5 Å². The summed E-state index contributed by atoms with van der Waals surface area (Å²) >= 11 is 0. The number of primary amides is 1. The molecule has 3 aromatic heterocycles. The summed E-state index contributed by atoms with van der Waals surface area (Å²) in [6.45, 7) is 11.7. The lowest BCUT2D eigenvalue weighted by molar-refractivity contribution is -0.137. The molecule has 0 aromatic carbocycles. The number of allylic oxidation sites excluding steroid dienone is 4. The van der Waals surface area contributed by atoms with Crippen LogP contribution in [0.4, 0.5) is 0 Å². The van der Waals surface area contributed by atoms with E-state index in [1.54, 1.807) is 0 Å². The number of aromatic nitrogens is 4. The molecule has 8 bridgehead atoms. The van der Waals surface area contributed by atoms with E-state index in [-0.39, 0.29) is 38.3 Å². The summed E-state index contributed by atoms with van der Waals surface area (Å²) in [7, 11) is 0. The van der Waals surface area contributed by atoms with Crippen LogP contribution in [0, 0.1) is 13.8 Å². The molecule has 0 fully saturated rings. The molecule has 0 aliphatic carbocycles. The molecule has 0 spiro atoms. The molecule has 2 aliphatic rings. The molecule has 50 heavy (non-hydrogen) atoms. The van der Waals surface area contributed by atoms with Gasteiger partial charge in [0.2, 0.25) is 11.8 Å². The minimum Gasteiger partial charge on any atom is -0.481 e. The summed E-state index contributed by atoms with van der Waals surface area (Å²) in [6.07, 6.45) is 1.78. The van der Waals surface area contributed by atoms with Crippen LogP contribution in [-0.4, -0.2) is 60.0 Å². The Labute approximate surface area is 290 Å². The third kappa shape index (κ3) is 7.10. The summed E-state index contributed by atoms with van der Waals surface area (Å²) in [5, 5.41) is 21.8. The predicted molar refractivity (Wildman–Crippen MR) is 194 cm³/mol. The number of carbonyl (C=O) groups is 4. The Kier molecular flexibility index (Phi) is 10.4. The van der Waals surface area contributed by atoms with Gasteiger partial charge < -0.3 is 30.8 Å². The van der Waals surface area contributed by atoms with E-state index in [9.17, 15) is 29.4 Å².